The Kier molecular flexibility index (Phi) is 7.54. The van der Waals surface area contributed by atoms with E-state index in [2.05, 4.69) is 28.3 Å². The quantitative estimate of drug-likeness (QED) is 0.191. The first-order valence-electron chi connectivity index (χ1n) is 16.4. The van der Waals surface area contributed by atoms with Gasteiger partial charge in [0, 0.05) is 52.2 Å². The zero-order valence-electron chi connectivity index (χ0n) is 27.6. The van der Waals surface area contributed by atoms with Gasteiger partial charge < -0.3 is 13.9 Å². The van der Waals surface area contributed by atoms with Crippen LogP contribution in [0.5, 0.6) is 0 Å². The van der Waals surface area contributed by atoms with Crippen molar-refractivity contribution in [3.8, 4) is 5.69 Å². The second-order valence-electron chi connectivity index (χ2n) is 13.9. The van der Waals surface area contributed by atoms with E-state index in [1.807, 2.05) is 93.7 Å². The Balaban J connectivity index is 1.38. The highest BCUT2D eigenvalue weighted by molar-refractivity contribution is 6.45. The largest absolute Gasteiger partial charge is 0.444 e. The number of aryl methyl sites for hydroxylation is 1. The topological polar surface area (TPSA) is 85.6 Å². The van der Waals surface area contributed by atoms with Gasteiger partial charge in [-0.1, -0.05) is 50.2 Å². The Bertz CT molecular complexity index is 2090. The van der Waals surface area contributed by atoms with Gasteiger partial charge in [-0.15, -0.1) is 0 Å². The Morgan fingerprint density at radius 2 is 1.68 bits per heavy atom. The lowest BCUT2D eigenvalue weighted by Crippen LogP contribution is -2.32. The number of ether oxygens (including phenoxy) is 1. The fraction of sp³-hybridized carbons (Fsp3) is 0.308. The van der Waals surface area contributed by atoms with Crippen LogP contribution in [0.4, 0.5) is 16.2 Å². The van der Waals surface area contributed by atoms with E-state index in [-0.39, 0.29) is 17.7 Å². The summed E-state index contributed by atoms with van der Waals surface area (Å²) in [5.74, 6) is -0.455. The van der Waals surface area contributed by atoms with E-state index in [0.717, 1.165) is 70.1 Å². The molecule has 3 amide bonds. The number of imide groups is 1. The van der Waals surface area contributed by atoms with Crippen LogP contribution in [0, 0.1) is 5.92 Å². The second-order valence-corrected chi connectivity index (χ2v) is 13.9. The molecule has 0 atom stereocenters. The van der Waals surface area contributed by atoms with E-state index < -0.39 is 11.7 Å². The van der Waals surface area contributed by atoms with E-state index in [1.165, 1.54) is 11.0 Å². The Hall–Kier alpha value is -5.11. The molecule has 0 saturated heterocycles. The van der Waals surface area contributed by atoms with Gasteiger partial charge >= 0.3 is 6.09 Å². The maximum absolute atomic E-state index is 14.6. The summed E-state index contributed by atoms with van der Waals surface area (Å²) in [7, 11) is 0. The maximum Gasteiger partial charge on any atom is 0.412 e. The lowest BCUT2D eigenvalue weighted by Gasteiger charge is -2.22. The average molecular weight is 629 g/mol. The number of hydrogen-bond donors (Lipinski definition) is 1. The minimum Gasteiger partial charge on any atom is -0.444 e. The van der Waals surface area contributed by atoms with Crippen molar-refractivity contribution < 1.29 is 19.1 Å². The summed E-state index contributed by atoms with van der Waals surface area (Å²) in [6.45, 7) is 10.5. The van der Waals surface area contributed by atoms with Crippen molar-refractivity contribution in [2.45, 2.75) is 72.4 Å². The highest BCUT2D eigenvalue weighted by Gasteiger charge is 2.39. The Morgan fingerprint density at radius 3 is 2.43 bits per heavy atom. The molecule has 4 heterocycles. The zero-order valence-corrected chi connectivity index (χ0v) is 27.6. The molecule has 2 aromatic heterocycles. The van der Waals surface area contributed by atoms with Crippen LogP contribution in [0.1, 0.15) is 64.3 Å². The van der Waals surface area contributed by atoms with Crippen LogP contribution in [-0.2, 0) is 33.7 Å². The molecule has 8 heteroatoms. The Morgan fingerprint density at radius 1 is 0.936 bits per heavy atom. The van der Waals surface area contributed by atoms with Crippen molar-refractivity contribution >= 4 is 56.7 Å². The normalized spacial score (nSPS) is 15.1. The van der Waals surface area contributed by atoms with Gasteiger partial charge in [0.1, 0.15) is 5.60 Å². The van der Waals surface area contributed by atoms with E-state index >= 15 is 0 Å². The van der Waals surface area contributed by atoms with E-state index in [9.17, 15) is 14.4 Å². The lowest BCUT2D eigenvalue weighted by atomic mass is 9.96. The lowest BCUT2D eigenvalue weighted by molar-refractivity contribution is -0.119. The van der Waals surface area contributed by atoms with Crippen molar-refractivity contribution in [3.05, 3.63) is 95.8 Å². The molecule has 0 saturated carbocycles. The Labute approximate surface area is 274 Å². The fourth-order valence-corrected chi connectivity index (χ4v) is 7.08. The van der Waals surface area contributed by atoms with E-state index in [0.29, 0.717) is 23.4 Å². The van der Waals surface area contributed by atoms with Crippen LogP contribution in [-0.4, -0.2) is 32.6 Å². The third-order valence-electron chi connectivity index (χ3n) is 8.89. The summed E-state index contributed by atoms with van der Waals surface area (Å²) in [5, 5.41) is 4.73. The molecule has 7 rings (SSSR count). The summed E-state index contributed by atoms with van der Waals surface area (Å²) in [5.41, 5.74) is 6.47. The number of amides is 3. The predicted octanol–water partition coefficient (Wildman–Crippen LogP) is 8.42. The number of carbonyl (C=O) groups is 3. The summed E-state index contributed by atoms with van der Waals surface area (Å²) in [6.07, 6.45) is 6.27. The van der Waals surface area contributed by atoms with Gasteiger partial charge in [-0.05, 0) is 88.3 Å². The van der Waals surface area contributed by atoms with E-state index in [4.69, 9.17) is 4.74 Å². The standard InChI is InChI=1S/C39H40N4O4/c1-24(2)21-28-30(40-38(46)47-39(3,4)5)18-19-32-35(28)36(33-17-11-12-20-41(32)33)43-34(44)22-27(37(43)45)29-23-42(25-13-7-6-8-14-25)31-16-10-9-15-26(29)31/h6-10,13-16,18-19,22-24H,11-12,17,20-21H2,1-5H3,(H,40,46). The van der Waals surface area contributed by atoms with Gasteiger partial charge in [0.2, 0.25) is 0 Å². The van der Waals surface area contributed by atoms with Crippen LogP contribution in [0.3, 0.4) is 0 Å². The van der Waals surface area contributed by atoms with Crippen molar-refractivity contribution in [1.82, 2.24) is 9.13 Å². The van der Waals surface area contributed by atoms with Crippen LogP contribution in [0.2, 0.25) is 0 Å². The number of hydrogen-bond acceptors (Lipinski definition) is 4. The summed E-state index contributed by atoms with van der Waals surface area (Å²) < 4.78 is 9.93. The van der Waals surface area contributed by atoms with Crippen molar-refractivity contribution in [2.24, 2.45) is 5.92 Å². The highest BCUT2D eigenvalue weighted by Crippen LogP contribution is 2.45. The van der Waals surface area contributed by atoms with E-state index in [1.54, 1.807) is 0 Å². The molecule has 1 N–H and O–H groups in total. The number of aromatic nitrogens is 2. The first-order valence-corrected chi connectivity index (χ1v) is 16.4. The number of nitrogens with one attached hydrogen (secondary N) is 1. The molecule has 2 aliphatic heterocycles. The molecule has 0 bridgehead atoms. The van der Waals surface area contributed by atoms with Gasteiger partial charge in [-0.25, -0.2) is 9.69 Å². The monoisotopic (exact) mass is 628 g/mol. The minimum atomic E-state index is -0.660. The maximum atomic E-state index is 14.6. The molecule has 240 valence electrons. The third-order valence-corrected chi connectivity index (χ3v) is 8.89. The molecule has 47 heavy (non-hydrogen) atoms. The molecular weight excluding hydrogens is 588 g/mol. The zero-order chi connectivity index (χ0) is 33.0. The van der Waals surface area contributed by atoms with Crippen LogP contribution >= 0.6 is 0 Å². The number of para-hydroxylation sites is 2. The molecule has 0 spiro atoms. The number of rotatable bonds is 6. The van der Waals surface area contributed by atoms with Gasteiger partial charge in [0.05, 0.1) is 22.3 Å². The molecular formula is C39H40N4O4. The number of benzene rings is 3. The molecule has 0 aliphatic carbocycles. The van der Waals surface area contributed by atoms with Gasteiger partial charge in [-0.3, -0.25) is 14.9 Å². The first-order chi connectivity index (χ1) is 22.5. The summed E-state index contributed by atoms with van der Waals surface area (Å²) in [6, 6.07) is 21.9. The smallest absolute Gasteiger partial charge is 0.412 e. The summed E-state index contributed by atoms with van der Waals surface area (Å²) in [4.78, 5) is 43.1. The third kappa shape index (κ3) is 5.41. The number of anilines is 2. The first kappa shape index (κ1) is 30.5. The molecule has 2 aliphatic rings. The number of fused-ring (bicyclic) bond motifs is 4. The second kappa shape index (κ2) is 11.6. The van der Waals surface area contributed by atoms with Crippen molar-refractivity contribution in [1.29, 1.82) is 0 Å². The van der Waals surface area contributed by atoms with Crippen LogP contribution in [0.15, 0.2) is 79.0 Å². The SMILES string of the molecule is CC(C)Cc1c(NC(=O)OC(C)(C)C)ccc2c1c(N1C(=O)C=C(c3cn(-c4ccccc4)c4ccccc34)C1=O)c1n2CCCC1. The molecule has 3 aromatic carbocycles. The average Bonchev–Trinajstić information content (AvgIpc) is 3.66. The number of nitrogens with zero attached hydrogens (tertiary/aromatic N) is 3. The van der Waals surface area contributed by atoms with Gasteiger partial charge in [-0.2, -0.15) is 0 Å². The highest BCUT2D eigenvalue weighted by atomic mass is 16.6. The van der Waals surface area contributed by atoms with Crippen LogP contribution in [0.25, 0.3) is 33.1 Å². The number of carbonyl (C=O) groups excluding carboxylic acids is 3. The molecule has 0 radical (unpaired) electrons. The molecule has 5 aromatic rings. The summed E-state index contributed by atoms with van der Waals surface area (Å²) >= 11 is 0. The van der Waals surface area contributed by atoms with Gasteiger partial charge in [0.15, 0.2) is 0 Å². The minimum absolute atomic E-state index is 0.243. The van der Waals surface area contributed by atoms with Crippen molar-refractivity contribution in [3.63, 3.8) is 0 Å². The predicted molar refractivity (Wildman–Crippen MR) is 187 cm³/mol. The fourth-order valence-electron chi connectivity index (χ4n) is 7.08. The van der Waals surface area contributed by atoms with Crippen molar-refractivity contribution in [2.75, 3.05) is 10.2 Å². The molecule has 0 fully saturated rings. The molecule has 8 nitrogen and oxygen atoms in total. The van der Waals surface area contributed by atoms with Gasteiger partial charge in [0.25, 0.3) is 11.8 Å². The van der Waals surface area contributed by atoms with Crippen LogP contribution < -0.4 is 10.2 Å². The molecule has 0 unspecified atom stereocenters.